The first-order valence-corrected chi connectivity index (χ1v) is 21.4. The third kappa shape index (κ3) is 12.7. The molecule has 66 heavy (non-hydrogen) atoms. The molecule has 0 aliphatic carbocycles. The van der Waals surface area contributed by atoms with Crippen LogP contribution in [0.15, 0.2) is 97.1 Å². The van der Waals surface area contributed by atoms with Gasteiger partial charge in [-0.15, -0.1) is 0 Å². The highest BCUT2D eigenvalue weighted by Crippen LogP contribution is 2.25. The van der Waals surface area contributed by atoms with Gasteiger partial charge in [0.25, 0.3) is 11.8 Å². The molecule has 0 aromatic heterocycles. The molecule has 1 heterocycles. The third-order valence-electron chi connectivity index (χ3n) is 10.9. The molecule has 1 saturated heterocycles. The second kappa shape index (κ2) is 20.5. The van der Waals surface area contributed by atoms with Gasteiger partial charge in [0.15, 0.2) is 29.7 Å². The van der Waals surface area contributed by atoms with Crippen molar-refractivity contribution in [3.8, 4) is 0 Å². The Kier molecular flexibility index (Phi) is 15.5. The summed E-state index contributed by atoms with van der Waals surface area (Å²) in [6.45, 7) is 11.0. The fourth-order valence-corrected chi connectivity index (χ4v) is 6.65. The molecular weight excluding hydrogens is 853 g/mol. The lowest BCUT2D eigenvalue weighted by Gasteiger charge is -2.33. The van der Waals surface area contributed by atoms with Crippen LogP contribution in [0.5, 0.6) is 0 Å². The Morgan fingerprint density at radius 1 is 0.636 bits per heavy atom. The molecule has 1 fully saturated rings. The fourth-order valence-electron chi connectivity index (χ4n) is 6.65. The van der Waals surface area contributed by atoms with Crippen molar-refractivity contribution >= 4 is 58.2 Å². The van der Waals surface area contributed by atoms with Gasteiger partial charge >= 0.3 is 29.8 Å². The number of ether oxygens (including phenoxy) is 6. The Hall–Kier alpha value is -6.94. The number of hydrogen-bond donors (Lipinski definition) is 2. The van der Waals surface area contributed by atoms with Gasteiger partial charge in [-0.1, -0.05) is 104 Å². The second-order valence-corrected chi connectivity index (χ2v) is 17.7. The topological polar surface area (TPSA) is 216 Å². The number of carbonyl (C=O) groups is 8. The van der Waals surface area contributed by atoms with E-state index in [-0.39, 0.29) is 25.0 Å². The van der Waals surface area contributed by atoms with Gasteiger partial charge in [0.2, 0.25) is 11.7 Å². The molecule has 0 bridgehead atoms. The maximum Gasteiger partial charge on any atom is 0.350 e. The van der Waals surface area contributed by atoms with E-state index in [1.54, 1.807) is 61.5 Å². The monoisotopic (exact) mass is 908 g/mol. The molecule has 2 amide bonds. The average Bonchev–Trinajstić information content (AvgIpc) is 3.27. The molecule has 0 spiro atoms. The van der Waals surface area contributed by atoms with Crippen LogP contribution in [0.2, 0.25) is 0 Å². The summed E-state index contributed by atoms with van der Waals surface area (Å²) in [5.41, 5.74) is -5.66. The lowest BCUT2D eigenvalue weighted by molar-refractivity contribution is -0.194. The van der Waals surface area contributed by atoms with Crippen molar-refractivity contribution in [3.63, 3.8) is 0 Å². The summed E-state index contributed by atoms with van der Waals surface area (Å²) in [5.74, 6) is -7.57. The minimum absolute atomic E-state index is 0.00112. The maximum absolute atomic E-state index is 14.2. The van der Waals surface area contributed by atoms with Gasteiger partial charge in [-0.2, -0.15) is 0 Å². The maximum atomic E-state index is 14.2. The van der Waals surface area contributed by atoms with E-state index in [2.05, 4.69) is 10.6 Å². The fraction of sp³-hybridized carbons (Fsp3) is 0.400. The van der Waals surface area contributed by atoms with Gasteiger partial charge in [-0.25, -0.2) is 24.0 Å². The van der Waals surface area contributed by atoms with Gasteiger partial charge in [0.05, 0.1) is 0 Å². The standard InChI is InChI=1S/C50H56N2O14/c1-10-50(9)46(60)61-29-39(53)65-49(7,8)45(59)63-37(27-31-20-24-35(25-21-31)40(54)34-17-12-11-13-18-34)42(56)66-47(3,4)43(57)51-38(28-32-22-23-33-16-14-15-19-36(33)26-32)64-48(5,6)44(58)62-30(2)41(55)52-50/h11-26,30,37-38H,10,27-29H2,1-9H3,(H,51,57)(H,52,55). The normalized spacial score (nSPS) is 23.5. The van der Waals surface area contributed by atoms with Crippen molar-refractivity contribution in [3.05, 3.63) is 119 Å². The van der Waals surface area contributed by atoms with E-state index in [0.29, 0.717) is 22.3 Å². The summed E-state index contributed by atoms with van der Waals surface area (Å²) in [6, 6.07) is 28.0. The largest absolute Gasteiger partial charge is 0.452 e. The molecule has 0 saturated carbocycles. The van der Waals surface area contributed by atoms with Crippen molar-refractivity contribution in [2.24, 2.45) is 0 Å². The van der Waals surface area contributed by atoms with Gasteiger partial charge in [-0.05, 0) is 83.7 Å². The van der Waals surface area contributed by atoms with E-state index in [1.807, 2.05) is 42.5 Å². The molecule has 4 aromatic carbocycles. The van der Waals surface area contributed by atoms with Crippen LogP contribution in [0.25, 0.3) is 10.8 Å². The molecule has 0 radical (unpaired) electrons. The van der Waals surface area contributed by atoms with Crippen LogP contribution in [-0.4, -0.2) is 94.8 Å². The molecule has 4 atom stereocenters. The Bertz CT molecular complexity index is 2480. The number of amides is 2. The Morgan fingerprint density at radius 2 is 1.23 bits per heavy atom. The van der Waals surface area contributed by atoms with Crippen LogP contribution in [0, 0.1) is 0 Å². The van der Waals surface area contributed by atoms with Crippen LogP contribution < -0.4 is 10.6 Å². The smallest absolute Gasteiger partial charge is 0.350 e. The van der Waals surface area contributed by atoms with Crippen molar-refractivity contribution in [2.75, 3.05) is 6.61 Å². The zero-order valence-corrected chi connectivity index (χ0v) is 38.5. The van der Waals surface area contributed by atoms with Gasteiger partial charge in [-0.3, -0.25) is 14.4 Å². The zero-order chi connectivity index (χ0) is 48.6. The molecule has 1 aliphatic rings. The summed E-state index contributed by atoms with van der Waals surface area (Å²) in [5, 5.41) is 7.09. The lowest BCUT2D eigenvalue weighted by atomic mass is 9.98. The SMILES string of the molecule is CCC1(C)NC(=O)C(C)OC(=O)C(C)(C)OC(Cc2ccc3ccccc3c2)NC(=O)C(C)(C)OC(=O)C(Cc2ccc(C(=O)c3ccccc3)cc2)OC(=O)C(C)(C)OC(=O)COC1=O. The van der Waals surface area contributed by atoms with Crippen molar-refractivity contribution in [2.45, 2.75) is 122 Å². The minimum Gasteiger partial charge on any atom is -0.452 e. The zero-order valence-electron chi connectivity index (χ0n) is 38.5. The predicted molar refractivity (Wildman–Crippen MR) is 238 cm³/mol. The second-order valence-electron chi connectivity index (χ2n) is 17.7. The third-order valence-corrected chi connectivity index (χ3v) is 10.9. The van der Waals surface area contributed by atoms with E-state index in [4.69, 9.17) is 28.4 Å². The van der Waals surface area contributed by atoms with E-state index >= 15 is 0 Å². The Balaban J connectivity index is 1.49. The molecular formula is C50H56N2O14. The summed E-state index contributed by atoms with van der Waals surface area (Å²) < 4.78 is 33.8. The molecule has 4 aromatic rings. The lowest BCUT2D eigenvalue weighted by Crippen LogP contribution is -2.56. The molecule has 2 N–H and O–H groups in total. The van der Waals surface area contributed by atoms with Gasteiger partial charge < -0.3 is 39.1 Å². The number of cyclic esters (lactones) is 5. The predicted octanol–water partition coefficient (Wildman–Crippen LogP) is 5.42. The number of fused-ring (bicyclic) bond motifs is 1. The average molecular weight is 909 g/mol. The quantitative estimate of drug-likeness (QED) is 0.135. The van der Waals surface area contributed by atoms with E-state index in [9.17, 15) is 38.4 Å². The van der Waals surface area contributed by atoms with Crippen molar-refractivity contribution in [1.82, 2.24) is 10.6 Å². The molecule has 350 valence electrons. The van der Waals surface area contributed by atoms with Crippen LogP contribution in [0.4, 0.5) is 0 Å². The van der Waals surface area contributed by atoms with Gasteiger partial charge in [0, 0.05) is 24.0 Å². The number of rotatable bonds is 7. The first-order valence-electron chi connectivity index (χ1n) is 21.4. The van der Waals surface area contributed by atoms with Crippen molar-refractivity contribution in [1.29, 1.82) is 0 Å². The number of nitrogens with one attached hydrogen (secondary N) is 2. The molecule has 1 aliphatic heterocycles. The highest BCUT2D eigenvalue weighted by atomic mass is 16.6. The van der Waals surface area contributed by atoms with Crippen LogP contribution >= 0.6 is 0 Å². The number of esters is 5. The number of ketones is 1. The van der Waals surface area contributed by atoms with Gasteiger partial charge in [0.1, 0.15) is 11.8 Å². The molecule has 16 nitrogen and oxygen atoms in total. The summed E-state index contributed by atoms with van der Waals surface area (Å²) in [7, 11) is 0. The summed E-state index contributed by atoms with van der Waals surface area (Å²) in [4.78, 5) is 109. The molecule has 4 unspecified atom stereocenters. The summed E-state index contributed by atoms with van der Waals surface area (Å²) >= 11 is 0. The highest BCUT2D eigenvalue weighted by Gasteiger charge is 2.44. The van der Waals surface area contributed by atoms with E-state index in [0.717, 1.165) is 10.8 Å². The first-order chi connectivity index (χ1) is 30.9. The minimum atomic E-state index is -2.07. The van der Waals surface area contributed by atoms with Crippen LogP contribution in [0.1, 0.15) is 95.8 Å². The Labute approximate surface area is 383 Å². The highest BCUT2D eigenvalue weighted by molar-refractivity contribution is 6.09. The molecule has 5 rings (SSSR count). The first kappa shape index (κ1) is 50.1. The van der Waals surface area contributed by atoms with E-state index in [1.165, 1.54) is 55.4 Å². The van der Waals surface area contributed by atoms with E-state index < -0.39 is 89.0 Å². The van der Waals surface area contributed by atoms with Crippen LogP contribution in [-0.2, 0) is 74.8 Å². The number of benzene rings is 4. The Morgan fingerprint density at radius 3 is 1.88 bits per heavy atom. The van der Waals surface area contributed by atoms with Crippen molar-refractivity contribution < 1.29 is 66.8 Å². The number of hydrogen-bond acceptors (Lipinski definition) is 14. The summed E-state index contributed by atoms with van der Waals surface area (Å²) in [6.07, 6.45) is -4.81. The van der Waals surface area contributed by atoms with Crippen LogP contribution in [0.3, 0.4) is 0 Å². The number of carbonyl (C=O) groups excluding carboxylic acids is 8. The molecule has 16 heteroatoms.